The van der Waals surface area contributed by atoms with Gasteiger partial charge in [0.15, 0.2) is 0 Å². The lowest BCUT2D eigenvalue weighted by Crippen LogP contribution is -2.46. The van der Waals surface area contributed by atoms with E-state index >= 15 is 0 Å². The molecule has 1 aliphatic carbocycles. The van der Waals surface area contributed by atoms with E-state index in [0.717, 1.165) is 31.4 Å². The molecule has 5 rings (SSSR count). The molecule has 1 saturated heterocycles. The molecule has 0 radical (unpaired) electrons. The van der Waals surface area contributed by atoms with Crippen LogP contribution in [0.2, 0.25) is 5.02 Å². The second kappa shape index (κ2) is 9.31. The Balaban J connectivity index is 1.66. The van der Waals surface area contributed by atoms with E-state index in [9.17, 15) is 8.42 Å². The van der Waals surface area contributed by atoms with E-state index in [1.54, 1.807) is 23.5 Å². The van der Waals surface area contributed by atoms with Crippen molar-refractivity contribution in [2.24, 2.45) is 5.92 Å². The summed E-state index contributed by atoms with van der Waals surface area (Å²) in [6.07, 6.45) is 5.60. The minimum atomic E-state index is -3.80. The van der Waals surface area contributed by atoms with Crippen LogP contribution in [0.15, 0.2) is 47.4 Å². The average Bonchev–Trinajstić information content (AvgIpc) is 3.01. The number of para-hydroxylation sites is 1. The zero-order valence-electron chi connectivity index (χ0n) is 21.8. The first kappa shape index (κ1) is 26.0. The third-order valence-corrected chi connectivity index (χ3v) is 10.9. The molecule has 36 heavy (non-hydrogen) atoms. The topological polar surface area (TPSA) is 59.1 Å². The fourth-order valence-corrected chi connectivity index (χ4v) is 7.54. The summed E-state index contributed by atoms with van der Waals surface area (Å²) in [5.41, 5.74) is 0.952. The maximum atomic E-state index is 14.2. The van der Waals surface area contributed by atoms with E-state index in [2.05, 4.69) is 4.90 Å². The van der Waals surface area contributed by atoms with Crippen molar-refractivity contribution in [1.82, 2.24) is 4.31 Å². The summed E-state index contributed by atoms with van der Waals surface area (Å²) in [6, 6.07) is 13.3. The minimum Gasteiger partial charge on any atom is -0.399 e. The molecule has 194 valence electrons. The standard InChI is InChI=1S/C27H36BClN2O4S/c1-26(2)27(3,4)35-28(34-26)21-16-25-23(17-22(21)29)31(20-14-10-7-11-15-20)18-24(30(5)36(25,32)33)19-12-8-6-9-13-19/h7,10-11,14-17,19,24H,6,8-9,12-13,18H2,1-5H3/t24-/m0/s1. The van der Waals surface area contributed by atoms with Gasteiger partial charge in [-0.2, -0.15) is 4.31 Å². The highest BCUT2D eigenvalue weighted by atomic mass is 35.5. The summed E-state index contributed by atoms with van der Waals surface area (Å²) in [6.45, 7) is 8.46. The predicted molar refractivity (Wildman–Crippen MR) is 146 cm³/mol. The first-order chi connectivity index (χ1) is 16.9. The number of likely N-dealkylation sites (N-methyl/N-ethyl adjacent to an activating group) is 1. The molecule has 0 unspecified atom stereocenters. The highest BCUT2D eigenvalue weighted by Gasteiger charge is 2.53. The summed E-state index contributed by atoms with van der Waals surface area (Å²) in [5.74, 6) is 0.317. The summed E-state index contributed by atoms with van der Waals surface area (Å²) in [5, 5.41) is 0.433. The Labute approximate surface area is 221 Å². The lowest BCUT2D eigenvalue weighted by molar-refractivity contribution is 0.00578. The van der Waals surface area contributed by atoms with E-state index in [4.69, 9.17) is 20.9 Å². The van der Waals surface area contributed by atoms with Gasteiger partial charge in [0.05, 0.1) is 16.9 Å². The van der Waals surface area contributed by atoms with Gasteiger partial charge in [0.2, 0.25) is 10.0 Å². The van der Waals surface area contributed by atoms with E-state index in [0.29, 0.717) is 28.6 Å². The first-order valence-electron chi connectivity index (χ1n) is 12.9. The highest BCUT2D eigenvalue weighted by Crippen LogP contribution is 2.43. The molecule has 2 aromatic rings. The number of hydrogen-bond donors (Lipinski definition) is 0. The molecule has 1 saturated carbocycles. The molecule has 6 nitrogen and oxygen atoms in total. The van der Waals surface area contributed by atoms with Crippen LogP contribution in [0.5, 0.6) is 0 Å². The lowest BCUT2D eigenvalue weighted by atomic mass is 9.79. The molecule has 1 atom stereocenters. The molecule has 0 N–H and O–H groups in total. The molecule has 2 heterocycles. The second-order valence-corrected chi connectivity index (χ2v) is 13.7. The van der Waals surface area contributed by atoms with Crippen LogP contribution >= 0.6 is 11.6 Å². The van der Waals surface area contributed by atoms with E-state index < -0.39 is 28.3 Å². The number of anilines is 2. The van der Waals surface area contributed by atoms with E-state index in [-0.39, 0.29) is 10.9 Å². The summed E-state index contributed by atoms with van der Waals surface area (Å²) >= 11 is 6.85. The van der Waals surface area contributed by atoms with Gasteiger partial charge in [-0.1, -0.05) is 49.1 Å². The Kier molecular flexibility index (Phi) is 6.74. The van der Waals surface area contributed by atoms with Crippen molar-refractivity contribution < 1.29 is 17.7 Å². The maximum Gasteiger partial charge on any atom is 0.496 e. The van der Waals surface area contributed by atoms with E-state index in [1.807, 2.05) is 58.0 Å². The molecular formula is C27H36BClN2O4S. The fraction of sp³-hybridized carbons (Fsp3) is 0.556. The largest absolute Gasteiger partial charge is 0.496 e. The Bertz CT molecular complexity index is 1220. The van der Waals surface area contributed by atoms with Crippen molar-refractivity contribution in [3.63, 3.8) is 0 Å². The average molecular weight is 531 g/mol. The monoisotopic (exact) mass is 530 g/mol. The van der Waals surface area contributed by atoms with Crippen molar-refractivity contribution in [3.05, 3.63) is 47.5 Å². The van der Waals surface area contributed by atoms with Crippen molar-refractivity contribution in [2.75, 3.05) is 18.5 Å². The van der Waals surface area contributed by atoms with Gasteiger partial charge < -0.3 is 14.2 Å². The number of benzene rings is 2. The normalized spacial score (nSPS) is 26.0. The zero-order chi connectivity index (χ0) is 25.9. The predicted octanol–water partition coefficient (Wildman–Crippen LogP) is 5.36. The Morgan fingerprint density at radius 3 is 2.19 bits per heavy atom. The molecule has 2 aliphatic heterocycles. The van der Waals surface area contributed by atoms with Crippen molar-refractivity contribution in [3.8, 4) is 0 Å². The minimum absolute atomic E-state index is 0.137. The zero-order valence-corrected chi connectivity index (χ0v) is 23.4. The van der Waals surface area contributed by atoms with Gasteiger partial charge in [0, 0.05) is 35.8 Å². The first-order valence-corrected chi connectivity index (χ1v) is 14.7. The van der Waals surface area contributed by atoms with Crippen LogP contribution in [0.3, 0.4) is 0 Å². The van der Waals surface area contributed by atoms with Gasteiger partial charge in [-0.15, -0.1) is 0 Å². The smallest absolute Gasteiger partial charge is 0.399 e. The van der Waals surface area contributed by atoms with Crippen LogP contribution < -0.4 is 10.4 Å². The van der Waals surface area contributed by atoms with Crippen LogP contribution in [-0.2, 0) is 19.3 Å². The van der Waals surface area contributed by atoms with Gasteiger partial charge in [-0.05, 0) is 70.7 Å². The van der Waals surface area contributed by atoms with Crippen LogP contribution in [0.25, 0.3) is 0 Å². The van der Waals surface area contributed by atoms with Crippen LogP contribution in [0, 0.1) is 5.92 Å². The quantitative estimate of drug-likeness (QED) is 0.500. The van der Waals surface area contributed by atoms with Gasteiger partial charge in [-0.3, -0.25) is 0 Å². The third-order valence-electron chi connectivity index (χ3n) is 8.63. The van der Waals surface area contributed by atoms with Crippen LogP contribution in [0.1, 0.15) is 59.8 Å². The second-order valence-electron chi connectivity index (χ2n) is 11.4. The highest BCUT2D eigenvalue weighted by molar-refractivity contribution is 7.89. The maximum absolute atomic E-state index is 14.2. The number of fused-ring (bicyclic) bond motifs is 1. The van der Waals surface area contributed by atoms with Gasteiger partial charge in [0.25, 0.3) is 0 Å². The Morgan fingerprint density at radius 2 is 1.58 bits per heavy atom. The Morgan fingerprint density at radius 1 is 0.972 bits per heavy atom. The molecule has 2 aromatic carbocycles. The van der Waals surface area contributed by atoms with Crippen molar-refractivity contribution >= 4 is 45.6 Å². The third kappa shape index (κ3) is 4.39. The van der Waals surface area contributed by atoms with Crippen molar-refractivity contribution in [2.45, 2.75) is 81.9 Å². The fourth-order valence-electron chi connectivity index (χ4n) is 5.68. The molecule has 3 aliphatic rings. The molecule has 0 bridgehead atoms. The lowest BCUT2D eigenvalue weighted by Gasteiger charge is -2.36. The molecule has 0 aromatic heterocycles. The molecule has 0 spiro atoms. The molecule has 9 heteroatoms. The molecule has 2 fully saturated rings. The van der Waals surface area contributed by atoms with Gasteiger partial charge >= 0.3 is 7.12 Å². The SMILES string of the molecule is CN1[C@H](C2CCCCC2)CN(c2ccccc2)c2cc(Cl)c(B3OC(C)(C)C(C)(C)O3)cc2S1(=O)=O. The number of nitrogens with zero attached hydrogens (tertiary/aromatic N) is 2. The van der Waals surface area contributed by atoms with Crippen LogP contribution in [0.4, 0.5) is 11.4 Å². The number of sulfonamides is 1. The van der Waals surface area contributed by atoms with Crippen LogP contribution in [-0.4, -0.2) is 50.7 Å². The van der Waals surface area contributed by atoms with Crippen molar-refractivity contribution in [1.29, 1.82) is 0 Å². The number of rotatable bonds is 3. The number of hydrogen-bond acceptors (Lipinski definition) is 5. The summed E-state index contributed by atoms with van der Waals surface area (Å²) in [7, 11) is -2.82. The molecule has 0 amide bonds. The number of halogens is 1. The summed E-state index contributed by atoms with van der Waals surface area (Å²) in [4.78, 5) is 2.36. The molecular weight excluding hydrogens is 495 g/mol. The van der Waals surface area contributed by atoms with Gasteiger partial charge in [0.1, 0.15) is 4.90 Å². The Hall–Kier alpha value is -1.58. The van der Waals surface area contributed by atoms with E-state index in [1.165, 1.54) is 6.42 Å². The summed E-state index contributed by atoms with van der Waals surface area (Å²) < 4.78 is 42.4. The van der Waals surface area contributed by atoms with Gasteiger partial charge in [-0.25, -0.2) is 8.42 Å².